The third-order valence-electron chi connectivity index (χ3n) is 3.89. The number of carbonyl (C=O) groups excluding carboxylic acids is 1. The first kappa shape index (κ1) is 17.1. The molecule has 2 heterocycles. The highest BCUT2D eigenvalue weighted by molar-refractivity contribution is 5.93. The van der Waals surface area contributed by atoms with Crippen molar-refractivity contribution in [2.75, 3.05) is 25.6 Å². The molecule has 1 aliphatic carbocycles. The van der Waals surface area contributed by atoms with Gasteiger partial charge in [-0.3, -0.25) is 4.79 Å². The van der Waals surface area contributed by atoms with Gasteiger partial charge in [-0.25, -0.2) is 15.0 Å². The number of ether oxygens (including phenoxy) is 1. The van der Waals surface area contributed by atoms with E-state index >= 15 is 0 Å². The van der Waals surface area contributed by atoms with Gasteiger partial charge >= 0.3 is 0 Å². The van der Waals surface area contributed by atoms with Gasteiger partial charge < -0.3 is 15.0 Å². The Kier molecular flexibility index (Phi) is 5.11. The summed E-state index contributed by atoms with van der Waals surface area (Å²) in [6.07, 6.45) is 4.01. The Morgan fingerprint density at radius 3 is 2.76 bits per heavy atom. The average Bonchev–Trinajstić information content (AvgIpc) is 3.42. The molecular weight excluding hydrogens is 318 g/mol. The minimum Gasteiger partial charge on any atom is -0.477 e. The molecule has 132 valence electrons. The number of rotatable bonds is 7. The Morgan fingerprint density at radius 1 is 1.32 bits per heavy atom. The van der Waals surface area contributed by atoms with E-state index in [0.29, 0.717) is 36.5 Å². The number of amides is 1. The van der Waals surface area contributed by atoms with Crippen LogP contribution in [0.5, 0.6) is 5.88 Å². The monoisotopic (exact) mass is 341 g/mol. The van der Waals surface area contributed by atoms with E-state index in [1.165, 1.54) is 19.0 Å². The molecule has 25 heavy (non-hydrogen) atoms. The summed E-state index contributed by atoms with van der Waals surface area (Å²) in [6, 6.07) is 5.32. The van der Waals surface area contributed by atoms with Gasteiger partial charge in [-0.2, -0.15) is 0 Å². The molecule has 0 bridgehead atoms. The second-order valence-electron chi connectivity index (χ2n) is 6.52. The molecule has 0 unspecified atom stereocenters. The fourth-order valence-electron chi connectivity index (χ4n) is 2.27. The van der Waals surface area contributed by atoms with Crippen molar-refractivity contribution in [3.8, 4) is 5.88 Å². The second kappa shape index (κ2) is 7.46. The predicted molar refractivity (Wildman–Crippen MR) is 94.7 cm³/mol. The van der Waals surface area contributed by atoms with Gasteiger partial charge in [0, 0.05) is 32.1 Å². The zero-order chi connectivity index (χ0) is 17.8. The molecule has 2 aromatic heterocycles. The van der Waals surface area contributed by atoms with E-state index in [9.17, 15) is 4.79 Å². The first-order chi connectivity index (χ1) is 12.0. The molecule has 0 aromatic carbocycles. The predicted octanol–water partition coefficient (Wildman–Crippen LogP) is 1.96. The Hall–Kier alpha value is -2.70. The minimum absolute atomic E-state index is 0.191. The lowest BCUT2D eigenvalue weighted by molar-refractivity contribution is 0.0950. The first-order valence-corrected chi connectivity index (χ1v) is 8.40. The maximum absolute atomic E-state index is 12.3. The number of nitrogens with zero attached hydrogens (tertiary/aromatic N) is 4. The summed E-state index contributed by atoms with van der Waals surface area (Å²) >= 11 is 0. The number of nitrogens with one attached hydrogen (secondary N) is 1. The topological polar surface area (TPSA) is 80.2 Å². The number of aryl methyl sites for hydroxylation is 1. The summed E-state index contributed by atoms with van der Waals surface area (Å²) in [5.74, 6) is 1.67. The van der Waals surface area contributed by atoms with Crippen molar-refractivity contribution >= 4 is 11.9 Å². The van der Waals surface area contributed by atoms with Crippen molar-refractivity contribution in [2.45, 2.75) is 26.3 Å². The van der Waals surface area contributed by atoms with Crippen LogP contribution in [0.1, 0.15) is 34.6 Å². The average molecular weight is 341 g/mol. The number of aromatic nitrogens is 3. The van der Waals surface area contributed by atoms with E-state index in [1.54, 1.807) is 12.1 Å². The van der Waals surface area contributed by atoms with Gasteiger partial charge in [0.2, 0.25) is 11.8 Å². The highest BCUT2D eigenvalue weighted by atomic mass is 16.5. The molecule has 1 amide bonds. The Balaban J connectivity index is 1.56. The quantitative estimate of drug-likeness (QED) is 0.829. The van der Waals surface area contributed by atoms with Crippen LogP contribution in [0.3, 0.4) is 0 Å². The van der Waals surface area contributed by atoms with Crippen molar-refractivity contribution in [1.29, 1.82) is 0 Å². The number of pyridine rings is 1. The van der Waals surface area contributed by atoms with Crippen molar-refractivity contribution in [2.24, 2.45) is 5.92 Å². The van der Waals surface area contributed by atoms with Gasteiger partial charge in [0.05, 0.1) is 24.4 Å². The fraction of sp³-hybridized carbons (Fsp3) is 0.444. The van der Waals surface area contributed by atoms with Crippen LogP contribution in [-0.2, 0) is 6.54 Å². The number of carbonyl (C=O) groups is 1. The SMILES string of the molecule is Cc1cc(CNC(=O)c2ccc(OCC3CC3)nc2)nc(N(C)C)n1. The third kappa shape index (κ3) is 4.89. The van der Waals surface area contributed by atoms with Crippen LogP contribution >= 0.6 is 0 Å². The summed E-state index contributed by atoms with van der Waals surface area (Å²) in [4.78, 5) is 27.1. The van der Waals surface area contributed by atoms with Gasteiger partial charge in [-0.15, -0.1) is 0 Å². The molecule has 2 aromatic rings. The lowest BCUT2D eigenvalue weighted by Gasteiger charge is -2.12. The van der Waals surface area contributed by atoms with Crippen LogP contribution in [0.4, 0.5) is 5.95 Å². The zero-order valence-corrected chi connectivity index (χ0v) is 14.8. The van der Waals surface area contributed by atoms with Gasteiger partial charge in [-0.1, -0.05) is 0 Å². The molecule has 1 fully saturated rings. The molecule has 0 spiro atoms. The molecule has 7 nitrogen and oxygen atoms in total. The van der Waals surface area contributed by atoms with Crippen molar-refractivity contribution in [1.82, 2.24) is 20.3 Å². The number of anilines is 1. The summed E-state index contributed by atoms with van der Waals surface area (Å²) in [5.41, 5.74) is 2.13. The molecule has 1 aliphatic rings. The smallest absolute Gasteiger partial charge is 0.253 e. The van der Waals surface area contributed by atoms with Crippen LogP contribution in [0.25, 0.3) is 0 Å². The second-order valence-corrected chi connectivity index (χ2v) is 6.52. The van der Waals surface area contributed by atoms with E-state index < -0.39 is 0 Å². The van der Waals surface area contributed by atoms with Gasteiger partial charge in [0.1, 0.15) is 0 Å². The van der Waals surface area contributed by atoms with E-state index in [4.69, 9.17) is 4.74 Å². The fourth-order valence-corrected chi connectivity index (χ4v) is 2.27. The molecule has 0 radical (unpaired) electrons. The van der Waals surface area contributed by atoms with E-state index in [-0.39, 0.29) is 5.91 Å². The standard InChI is InChI=1S/C18H23N5O2/c1-12-8-15(22-18(21-12)23(2)3)10-20-17(24)14-6-7-16(19-9-14)25-11-13-4-5-13/h6-9,13H,4-5,10-11H2,1-3H3,(H,20,24). The van der Waals surface area contributed by atoms with Gasteiger partial charge in [-0.05, 0) is 37.8 Å². The van der Waals surface area contributed by atoms with Crippen LogP contribution in [0.15, 0.2) is 24.4 Å². The molecule has 1 saturated carbocycles. The zero-order valence-electron chi connectivity index (χ0n) is 14.8. The summed E-state index contributed by atoms with van der Waals surface area (Å²) in [7, 11) is 3.77. The summed E-state index contributed by atoms with van der Waals surface area (Å²) in [5, 5.41) is 2.86. The molecule has 0 atom stereocenters. The van der Waals surface area contributed by atoms with Crippen LogP contribution in [-0.4, -0.2) is 41.6 Å². The van der Waals surface area contributed by atoms with Crippen molar-refractivity contribution in [3.63, 3.8) is 0 Å². The van der Waals surface area contributed by atoms with Crippen LogP contribution in [0, 0.1) is 12.8 Å². The highest BCUT2D eigenvalue weighted by Gasteiger charge is 2.22. The van der Waals surface area contributed by atoms with Crippen molar-refractivity contribution in [3.05, 3.63) is 41.3 Å². The maximum atomic E-state index is 12.3. The van der Waals surface area contributed by atoms with E-state index in [0.717, 1.165) is 11.4 Å². The molecule has 7 heteroatoms. The normalized spacial score (nSPS) is 13.4. The maximum Gasteiger partial charge on any atom is 0.253 e. The van der Waals surface area contributed by atoms with Crippen molar-refractivity contribution < 1.29 is 9.53 Å². The molecule has 0 saturated heterocycles. The number of hydrogen-bond donors (Lipinski definition) is 1. The first-order valence-electron chi connectivity index (χ1n) is 8.40. The Labute approximate surface area is 147 Å². The molecule has 0 aliphatic heterocycles. The van der Waals surface area contributed by atoms with E-state index in [1.807, 2.05) is 32.0 Å². The highest BCUT2D eigenvalue weighted by Crippen LogP contribution is 2.29. The minimum atomic E-state index is -0.191. The summed E-state index contributed by atoms with van der Waals surface area (Å²) in [6.45, 7) is 2.95. The third-order valence-corrected chi connectivity index (χ3v) is 3.89. The van der Waals surface area contributed by atoms with Gasteiger partial charge in [0.15, 0.2) is 0 Å². The summed E-state index contributed by atoms with van der Waals surface area (Å²) < 4.78 is 5.58. The lowest BCUT2D eigenvalue weighted by Crippen LogP contribution is -2.24. The lowest BCUT2D eigenvalue weighted by atomic mass is 10.2. The largest absolute Gasteiger partial charge is 0.477 e. The molecule has 1 N–H and O–H groups in total. The van der Waals surface area contributed by atoms with Crippen LogP contribution in [0.2, 0.25) is 0 Å². The Bertz CT molecular complexity index is 742. The number of hydrogen-bond acceptors (Lipinski definition) is 6. The van der Waals surface area contributed by atoms with Crippen LogP contribution < -0.4 is 15.0 Å². The Morgan fingerprint density at radius 2 is 2.12 bits per heavy atom. The molecular formula is C18H23N5O2. The van der Waals surface area contributed by atoms with E-state index in [2.05, 4.69) is 20.3 Å². The molecule has 3 rings (SSSR count). The van der Waals surface area contributed by atoms with Gasteiger partial charge in [0.25, 0.3) is 5.91 Å².